The number of carbonyl (C=O) groups is 2. The number of benzene rings is 3. The SMILES string of the molecule is CN(C(=O)c1cc(C(F)(F)F)cc(C(F)(F)F)c1)C(CCC(=O)NS(=O)(=O)C=Cc1ccccc1Cl)Cc1ccc(Cl)cc1. The Labute approximate surface area is 259 Å². The number of rotatable bonds is 10. The molecular formula is C29H24Cl2F6N2O4S. The van der Waals surface area contributed by atoms with Crippen molar-refractivity contribution in [2.45, 2.75) is 37.7 Å². The van der Waals surface area contributed by atoms with Crippen LogP contribution in [0.15, 0.2) is 72.1 Å². The van der Waals surface area contributed by atoms with Gasteiger partial charge >= 0.3 is 12.4 Å². The molecule has 0 radical (unpaired) electrons. The molecular weight excluding hydrogens is 657 g/mol. The average Bonchev–Trinajstić information content (AvgIpc) is 2.93. The summed E-state index contributed by atoms with van der Waals surface area (Å²) < 4.78 is 107. The van der Waals surface area contributed by atoms with Crippen LogP contribution in [-0.4, -0.2) is 38.2 Å². The highest BCUT2D eigenvalue weighted by molar-refractivity contribution is 7.93. The lowest BCUT2D eigenvalue weighted by molar-refractivity contribution is -0.143. The number of amides is 2. The minimum atomic E-state index is -5.17. The lowest BCUT2D eigenvalue weighted by atomic mass is 9.98. The van der Waals surface area contributed by atoms with Gasteiger partial charge in [-0.05, 0) is 66.4 Å². The Bertz CT molecular complexity index is 1610. The van der Waals surface area contributed by atoms with Gasteiger partial charge in [0, 0.05) is 35.1 Å². The van der Waals surface area contributed by atoms with E-state index in [0.717, 1.165) is 17.4 Å². The average molecular weight is 681 g/mol. The van der Waals surface area contributed by atoms with Gasteiger partial charge in [-0.3, -0.25) is 9.59 Å². The quantitative estimate of drug-likeness (QED) is 0.224. The zero-order valence-corrected chi connectivity index (χ0v) is 25.0. The van der Waals surface area contributed by atoms with Crippen LogP contribution in [0.3, 0.4) is 0 Å². The van der Waals surface area contributed by atoms with Crippen molar-refractivity contribution in [1.29, 1.82) is 0 Å². The second kappa shape index (κ2) is 14.0. The topological polar surface area (TPSA) is 83.6 Å². The first-order valence-corrected chi connectivity index (χ1v) is 15.0. The smallest absolute Gasteiger partial charge is 0.338 e. The molecule has 3 aromatic rings. The normalized spacial score (nSPS) is 13.1. The van der Waals surface area contributed by atoms with E-state index < -0.39 is 63.3 Å². The molecule has 3 aromatic carbocycles. The Morgan fingerprint density at radius 1 is 0.909 bits per heavy atom. The van der Waals surface area contributed by atoms with Crippen LogP contribution in [0.4, 0.5) is 26.3 Å². The van der Waals surface area contributed by atoms with Crippen molar-refractivity contribution in [3.63, 3.8) is 0 Å². The minimum absolute atomic E-state index is 0.0109. The summed E-state index contributed by atoms with van der Waals surface area (Å²) in [5, 5.41) is 1.39. The van der Waals surface area contributed by atoms with Crippen molar-refractivity contribution in [3.8, 4) is 0 Å². The number of alkyl halides is 6. The molecule has 0 spiro atoms. The molecule has 2 amide bonds. The molecule has 0 fully saturated rings. The number of sulfonamides is 1. The Kier molecular flexibility index (Phi) is 11.1. The van der Waals surface area contributed by atoms with Crippen LogP contribution in [-0.2, 0) is 33.6 Å². The van der Waals surface area contributed by atoms with Gasteiger partial charge in [0.15, 0.2) is 0 Å². The summed E-state index contributed by atoms with van der Waals surface area (Å²) in [5.74, 6) is -2.13. The van der Waals surface area contributed by atoms with E-state index in [-0.39, 0.29) is 23.9 Å². The fraction of sp³-hybridized carbons (Fsp3) is 0.241. The zero-order chi connectivity index (χ0) is 32.9. The molecule has 1 N–H and O–H groups in total. The third-order valence-corrected chi connectivity index (χ3v) is 7.98. The van der Waals surface area contributed by atoms with Crippen LogP contribution < -0.4 is 4.72 Å². The molecule has 44 heavy (non-hydrogen) atoms. The van der Waals surface area contributed by atoms with E-state index in [1.54, 1.807) is 30.3 Å². The van der Waals surface area contributed by atoms with E-state index in [1.807, 2.05) is 4.72 Å². The van der Waals surface area contributed by atoms with Crippen molar-refractivity contribution in [3.05, 3.63) is 110 Å². The van der Waals surface area contributed by atoms with E-state index >= 15 is 0 Å². The number of hydrogen-bond donors (Lipinski definition) is 1. The summed E-state index contributed by atoms with van der Waals surface area (Å²) in [5.41, 5.74) is -3.23. The molecule has 0 heterocycles. The standard InChI is InChI=1S/C29H24Cl2F6N2O4S/c1-39(27(41)20-15-21(28(32,33)34)17-22(16-20)29(35,36)37)24(14-18-6-8-23(30)9-7-18)10-11-26(40)38-44(42,43)13-12-19-4-2-3-5-25(19)31/h2-9,12-13,15-17,24H,10-11,14H2,1H3,(H,38,40). The molecule has 1 unspecified atom stereocenters. The van der Waals surface area contributed by atoms with Crippen LogP contribution in [0.25, 0.3) is 6.08 Å². The van der Waals surface area contributed by atoms with E-state index in [9.17, 15) is 44.3 Å². The monoisotopic (exact) mass is 680 g/mol. The molecule has 0 aliphatic heterocycles. The third kappa shape index (κ3) is 10.00. The third-order valence-electron chi connectivity index (χ3n) is 6.38. The molecule has 6 nitrogen and oxygen atoms in total. The molecule has 0 saturated carbocycles. The van der Waals surface area contributed by atoms with Crippen LogP contribution in [0.1, 0.15) is 45.5 Å². The summed E-state index contributed by atoms with van der Waals surface area (Å²) in [6, 6.07) is 12.2. The Balaban J connectivity index is 1.84. The summed E-state index contributed by atoms with van der Waals surface area (Å²) in [4.78, 5) is 26.8. The number of hydrogen-bond acceptors (Lipinski definition) is 4. The highest BCUT2D eigenvalue weighted by Crippen LogP contribution is 2.36. The first-order chi connectivity index (χ1) is 20.4. The van der Waals surface area contributed by atoms with Gasteiger partial charge in [-0.15, -0.1) is 0 Å². The van der Waals surface area contributed by atoms with Crippen LogP contribution in [0.5, 0.6) is 0 Å². The largest absolute Gasteiger partial charge is 0.416 e. The number of likely N-dealkylation sites (N-methyl/N-ethyl adjacent to an activating group) is 1. The molecule has 236 valence electrons. The lowest BCUT2D eigenvalue weighted by Crippen LogP contribution is -2.40. The predicted molar refractivity (Wildman–Crippen MR) is 154 cm³/mol. The molecule has 0 aromatic heterocycles. The van der Waals surface area contributed by atoms with Crippen LogP contribution in [0.2, 0.25) is 10.0 Å². The fourth-order valence-corrected chi connectivity index (χ4v) is 5.23. The number of halogens is 8. The lowest BCUT2D eigenvalue weighted by Gasteiger charge is -2.29. The first-order valence-electron chi connectivity index (χ1n) is 12.6. The van der Waals surface area contributed by atoms with Gasteiger partial charge in [-0.2, -0.15) is 26.3 Å². The number of nitrogens with one attached hydrogen (secondary N) is 1. The summed E-state index contributed by atoms with van der Waals surface area (Å²) in [6.07, 6.45) is -9.81. The maximum absolute atomic E-state index is 13.4. The Morgan fingerprint density at radius 2 is 1.48 bits per heavy atom. The molecule has 1 atom stereocenters. The van der Waals surface area contributed by atoms with Crippen molar-refractivity contribution in [2.24, 2.45) is 0 Å². The van der Waals surface area contributed by atoms with E-state index in [1.165, 1.54) is 24.3 Å². The highest BCUT2D eigenvalue weighted by atomic mass is 35.5. The molecule has 3 rings (SSSR count). The summed E-state index contributed by atoms with van der Waals surface area (Å²) >= 11 is 11.9. The van der Waals surface area contributed by atoms with Gasteiger partial charge in [0.2, 0.25) is 5.91 Å². The molecule has 0 aliphatic rings. The number of nitrogens with zero attached hydrogens (tertiary/aromatic N) is 1. The maximum Gasteiger partial charge on any atom is 0.416 e. The van der Waals surface area contributed by atoms with Crippen molar-refractivity contribution >= 4 is 51.1 Å². The van der Waals surface area contributed by atoms with E-state index in [0.29, 0.717) is 28.3 Å². The molecule has 15 heteroatoms. The van der Waals surface area contributed by atoms with Crippen LogP contribution in [0, 0.1) is 0 Å². The molecule has 0 aliphatic carbocycles. The summed E-state index contributed by atoms with van der Waals surface area (Å²) in [6.45, 7) is 0. The molecule has 0 bridgehead atoms. The van der Waals surface area contributed by atoms with Gasteiger partial charge in [0.25, 0.3) is 15.9 Å². The fourth-order valence-electron chi connectivity index (χ4n) is 4.09. The minimum Gasteiger partial charge on any atom is -0.338 e. The highest BCUT2D eigenvalue weighted by Gasteiger charge is 2.38. The van der Waals surface area contributed by atoms with Crippen molar-refractivity contribution in [1.82, 2.24) is 9.62 Å². The maximum atomic E-state index is 13.4. The second-order valence-electron chi connectivity index (χ2n) is 9.63. The molecule has 0 saturated heterocycles. The van der Waals surface area contributed by atoms with Crippen LogP contribution >= 0.6 is 23.2 Å². The van der Waals surface area contributed by atoms with Gasteiger partial charge in [-0.25, -0.2) is 13.1 Å². The predicted octanol–water partition coefficient (Wildman–Crippen LogP) is 7.61. The number of carbonyl (C=O) groups excluding carboxylic acids is 2. The summed E-state index contributed by atoms with van der Waals surface area (Å²) in [7, 11) is -3.11. The van der Waals surface area contributed by atoms with Gasteiger partial charge in [0.1, 0.15) is 0 Å². The van der Waals surface area contributed by atoms with E-state index in [2.05, 4.69) is 0 Å². The second-order valence-corrected chi connectivity index (χ2v) is 12.0. The first kappa shape index (κ1) is 34.9. The zero-order valence-electron chi connectivity index (χ0n) is 22.7. The van der Waals surface area contributed by atoms with E-state index in [4.69, 9.17) is 23.2 Å². The van der Waals surface area contributed by atoms with Crippen molar-refractivity contribution in [2.75, 3.05) is 7.05 Å². The Morgan fingerprint density at radius 3 is 2.02 bits per heavy atom. The van der Waals surface area contributed by atoms with Gasteiger partial charge in [0.05, 0.1) is 16.5 Å². The van der Waals surface area contributed by atoms with Crippen molar-refractivity contribution < 1.29 is 44.3 Å². The Hall–Kier alpha value is -3.55. The van der Waals surface area contributed by atoms with Gasteiger partial charge < -0.3 is 4.90 Å². The van der Waals surface area contributed by atoms with Gasteiger partial charge in [-0.1, -0.05) is 53.5 Å².